The molecule has 0 amide bonds. The molecule has 90 valence electrons. The van der Waals surface area contributed by atoms with Gasteiger partial charge in [-0.25, -0.2) is 9.97 Å². The highest BCUT2D eigenvalue weighted by Gasteiger charge is 2.36. The molecule has 0 N–H and O–H groups in total. The van der Waals surface area contributed by atoms with Gasteiger partial charge in [-0.15, -0.1) is 4.57 Å². The van der Waals surface area contributed by atoms with Gasteiger partial charge in [0.15, 0.2) is 12.2 Å². The SMILES string of the molecule is c1cnc2c(c1)C[n+]1c-2oc2c1cc1ncccn12. The summed E-state index contributed by atoms with van der Waals surface area (Å²) in [5.41, 5.74) is 4.93. The third kappa shape index (κ3) is 1.03. The summed E-state index contributed by atoms with van der Waals surface area (Å²) in [7, 11) is 0. The van der Waals surface area contributed by atoms with Gasteiger partial charge in [0.25, 0.3) is 11.2 Å². The third-order valence-corrected chi connectivity index (χ3v) is 3.63. The van der Waals surface area contributed by atoms with Crippen molar-refractivity contribution in [3.63, 3.8) is 0 Å². The van der Waals surface area contributed by atoms with E-state index in [1.165, 1.54) is 5.56 Å². The molecule has 1 aliphatic heterocycles. The van der Waals surface area contributed by atoms with Crippen molar-refractivity contribution in [3.8, 4) is 11.6 Å². The molecule has 0 radical (unpaired) electrons. The second-order valence-corrected chi connectivity index (χ2v) is 4.69. The average molecular weight is 249 g/mol. The van der Waals surface area contributed by atoms with Crippen molar-refractivity contribution >= 4 is 16.9 Å². The zero-order valence-corrected chi connectivity index (χ0v) is 9.95. The predicted molar refractivity (Wildman–Crippen MR) is 67.5 cm³/mol. The monoisotopic (exact) mass is 249 g/mol. The Kier molecular flexibility index (Phi) is 1.46. The van der Waals surface area contributed by atoms with Crippen LogP contribution in [0.2, 0.25) is 0 Å². The van der Waals surface area contributed by atoms with Crippen LogP contribution in [0.5, 0.6) is 0 Å². The predicted octanol–water partition coefficient (Wildman–Crippen LogP) is 1.79. The van der Waals surface area contributed by atoms with Crippen LogP contribution in [0.3, 0.4) is 0 Å². The van der Waals surface area contributed by atoms with Crippen molar-refractivity contribution in [3.05, 3.63) is 48.4 Å². The van der Waals surface area contributed by atoms with Gasteiger partial charge in [0, 0.05) is 18.6 Å². The standard InChI is InChI=1S/C14H9N4O/c1-3-9-8-18-10-7-11-15-5-2-6-17(11)13(10)19-14(18)12(9)16-4-1/h1-7H,8H2/q+1. The molecule has 0 atom stereocenters. The maximum atomic E-state index is 6.01. The van der Waals surface area contributed by atoms with Gasteiger partial charge in [-0.3, -0.25) is 4.40 Å². The van der Waals surface area contributed by atoms with Gasteiger partial charge in [-0.2, -0.15) is 0 Å². The second kappa shape index (κ2) is 3.00. The summed E-state index contributed by atoms with van der Waals surface area (Å²) in [6, 6.07) is 8.00. The number of pyridine rings is 1. The molecular weight excluding hydrogens is 240 g/mol. The first kappa shape index (κ1) is 9.27. The normalized spacial score (nSPS) is 13.1. The molecule has 0 spiro atoms. The lowest BCUT2D eigenvalue weighted by Gasteiger charge is -1.90. The number of nitrogens with zero attached hydrogens (tertiary/aromatic N) is 4. The highest BCUT2D eigenvalue weighted by molar-refractivity contribution is 5.77. The van der Waals surface area contributed by atoms with Crippen molar-refractivity contribution in [2.45, 2.75) is 6.54 Å². The Balaban J connectivity index is 1.93. The highest BCUT2D eigenvalue weighted by atomic mass is 16.4. The number of hydrogen-bond donors (Lipinski definition) is 0. The molecule has 5 heterocycles. The van der Waals surface area contributed by atoms with E-state index in [-0.39, 0.29) is 0 Å². The number of hydrogen-bond acceptors (Lipinski definition) is 3. The second-order valence-electron chi connectivity index (χ2n) is 4.69. The molecule has 4 aromatic heterocycles. The van der Waals surface area contributed by atoms with E-state index in [1.807, 2.05) is 28.8 Å². The summed E-state index contributed by atoms with van der Waals surface area (Å²) < 4.78 is 10.1. The maximum Gasteiger partial charge on any atom is 0.402 e. The van der Waals surface area contributed by atoms with Crippen LogP contribution in [0.25, 0.3) is 28.5 Å². The van der Waals surface area contributed by atoms with Gasteiger partial charge < -0.3 is 4.42 Å². The van der Waals surface area contributed by atoms with Gasteiger partial charge in [0.1, 0.15) is 5.65 Å². The Morgan fingerprint density at radius 2 is 2.16 bits per heavy atom. The number of rotatable bonds is 0. The summed E-state index contributed by atoms with van der Waals surface area (Å²) >= 11 is 0. The lowest BCUT2D eigenvalue weighted by molar-refractivity contribution is -0.649. The maximum absolute atomic E-state index is 6.01. The minimum atomic E-state index is 0.808. The zero-order chi connectivity index (χ0) is 12.4. The molecule has 0 saturated carbocycles. The largest absolute Gasteiger partial charge is 0.402 e. The quantitative estimate of drug-likeness (QED) is 0.393. The molecule has 1 aliphatic rings. The van der Waals surface area contributed by atoms with Crippen LogP contribution in [0.4, 0.5) is 0 Å². The van der Waals surface area contributed by atoms with Crippen molar-refractivity contribution in [1.82, 2.24) is 14.4 Å². The fourth-order valence-corrected chi connectivity index (χ4v) is 2.78. The molecule has 19 heavy (non-hydrogen) atoms. The Morgan fingerprint density at radius 3 is 3.16 bits per heavy atom. The van der Waals surface area contributed by atoms with Crippen LogP contribution in [0, 0.1) is 0 Å². The summed E-state index contributed by atoms with van der Waals surface area (Å²) in [5, 5.41) is 0. The average Bonchev–Trinajstić information content (AvgIpc) is 3.07. The van der Waals surface area contributed by atoms with Crippen molar-refractivity contribution in [1.29, 1.82) is 0 Å². The van der Waals surface area contributed by atoms with Gasteiger partial charge in [0.05, 0.1) is 11.6 Å². The first-order valence-corrected chi connectivity index (χ1v) is 6.14. The Bertz CT molecular complexity index is 951. The smallest absolute Gasteiger partial charge is 0.378 e. The van der Waals surface area contributed by atoms with Crippen LogP contribution < -0.4 is 4.57 Å². The van der Waals surface area contributed by atoms with Crippen molar-refractivity contribution in [2.24, 2.45) is 0 Å². The van der Waals surface area contributed by atoms with Gasteiger partial charge >= 0.3 is 5.89 Å². The third-order valence-electron chi connectivity index (χ3n) is 3.63. The molecule has 4 aromatic rings. The lowest BCUT2D eigenvalue weighted by Crippen LogP contribution is -2.30. The van der Waals surface area contributed by atoms with Gasteiger partial charge in [0.2, 0.25) is 0 Å². The van der Waals surface area contributed by atoms with E-state index >= 15 is 0 Å². The first-order chi connectivity index (χ1) is 9.42. The van der Waals surface area contributed by atoms with Crippen LogP contribution in [0.15, 0.2) is 47.3 Å². The fraction of sp³-hybridized carbons (Fsp3) is 0.0714. The summed E-state index contributed by atoms with van der Waals surface area (Å²) in [6.07, 6.45) is 5.55. The van der Waals surface area contributed by atoms with Crippen LogP contribution in [-0.2, 0) is 6.54 Å². The fourth-order valence-electron chi connectivity index (χ4n) is 2.78. The zero-order valence-electron chi connectivity index (χ0n) is 9.95. The molecular formula is C14H9N4O+. The number of fused-ring (bicyclic) bond motifs is 7. The molecule has 0 unspecified atom stereocenters. The van der Waals surface area contributed by atoms with E-state index in [0.717, 1.165) is 35.0 Å². The van der Waals surface area contributed by atoms with Crippen molar-refractivity contribution in [2.75, 3.05) is 0 Å². The summed E-state index contributed by atoms with van der Waals surface area (Å²) in [5.74, 6) is 0.832. The molecule has 0 aliphatic carbocycles. The van der Waals surface area contributed by atoms with E-state index in [9.17, 15) is 0 Å². The minimum absolute atomic E-state index is 0.808. The molecule has 0 bridgehead atoms. The summed E-state index contributed by atoms with van der Waals surface area (Å²) in [6.45, 7) is 0.808. The number of aromatic nitrogens is 4. The first-order valence-electron chi connectivity index (χ1n) is 6.14. The van der Waals surface area contributed by atoms with Crippen LogP contribution in [0.1, 0.15) is 5.56 Å². The van der Waals surface area contributed by atoms with E-state index in [4.69, 9.17) is 4.42 Å². The number of oxazole rings is 1. The Labute approximate surface area is 107 Å². The topological polar surface area (TPSA) is 47.2 Å². The molecule has 5 nitrogen and oxygen atoms in total. The van der Waals surface area contributed by atoms with E-state index in [0.29, 0.717) is 0 Å². The molecule has 5 rings (SSSR count). The minimum Gasteiger partial charge on any atom is -0.378 e. The van der Waals surface area contributed by atoms with Crippen molar-refractivity contribution < 1.29 is 8.98 Å². The Hall–Kier alpha value is -2.69. The van der Waals surface area contributed by atoms with Gasteiger partial charge in [-0.05, 0) is 18.2 Å². The Morgan fingerprint density at radius 1 is 1.21 bits per heavy atom. The van der Waals surface area contributed by atoms with E-state index < -0.39 is 0 Å². The van der Waals surface area contributed by atoms with Crippen LogP contribution in [-0.4, -0.2) is 14.4 Å². The molecule has 0 aromatic carbocycles. The molecule has 5 heteroatoms. The lowest BCUT2D eigenvalue weighted by atomic mass is 10.2. The van der Waals surface area contributed by atoms with Crippen LogP contribution >= 0.6 is 0 Å². The van der Waals surface area contributed by atoms with Gasteiger partial charge in [-0.1, -0.05) is 0 Å². The summed E-state index contributed by atoms with van der Waals surface area (Å²) in [4.78, 5) is 8.76. The van der Waals surface area contributed by atoms with E-state index in [1.54, 1.807) is 12.4 Å². The molecule has 0 saturated heterocycles. The molecule has 0 fully saturated rings. The highest BCUT2D eigenvalue weighted by Crippen LogP contribution is 2.30. The van der Waals surface area contributed by atoms with E-state index in [2.05, 4.69) is 20.6 Å².